The Labute approximate surface area is 95.1 Å². The minimum Gasteiger partial charge on any atom is -0.493 e. The predicted molar refractivity (Wildman–Crippen MR) is 61.3 cm³/mol. The number of hydrogen-bond donors (Lipinski definition) is 0. The Kier molecular flexibility index (Phi) is 3.80. The Balaban J connectivity index is 3.28. The van der Waals surface area contributed by atoms with Crippen molar-refractivity contribution in [1.82, 2.24) is 0 Å². The van der Waals surface area contributed by atoms with E-state index < -0.39 is 9.84 Å². The van der Waals surface area contributed by atoms with E-state index in [1.807, 2.05) is 0 Å². The highest BCUT2D eigenvalue weighted by molar-refractivity contribution is 7.95. The second kappa shape index (κ2) is 4.90. The molecule has 0 saturated heterocycles. The molecule has 1 rings (SSSR count). The second-order valence-corrected chi connectivity index (χ2v) is 4.79. The molecule has 0 fully saturated rings. The average molecular weight is 240 g/mol. The van der Waals surface area contributed by atoms with Crippen LogP contribution in [0.3, 0.4) is 0 Å². The number of benzene rings is 1. The second-order valence-electron chi connectivity index (χ2n) is 3.04. The van der Waals surface area contributed by atoms with E-state index in [2.05, 4.69) is 11.2 Å². The summed E-state index contributed by atoms with van der Waals surface area (Å²) in [6.45, 7) is 0. The van der Waals surface area contributed by atoms with Crippen LogP contribution in [0.2, 0.25) is 0 Å². The van der Waals surface area contributed by atoms with E-state index in [0.717, 1.165) is 6.26 Å². The van der Waals surface area contributed by atoms with E-state index in [9.17, 15) is 8.42 Å². The predicted octanol–water partition coefficient (Wildman–Crippen LogP) is 1.06. The average Bonchev–Trinajstić information content (AvgIpc) is 2.24. The largest absolute Gasteiger partial charge is 0.493 e. The van der Waals surface area contributed by atoms with Gasteiger partial charge in [0, 0.05) is 5.25 Å². The molecule has 16 heavy (non-hydrogen) atoms. The highest BCUT2D eigenvalue weighted by Crippen LogP contribution is 2.29. The van der Waals surface area contributed by atoms with Crippen molar-refractivity contribution in [1.29, 1.82) is 0 Å². The van der Waals surface area contributed by atoms with Crippen molar-refractivity contribution in [2.45, 2.75) is 0 Å². The van der Waals surface area contributed by atoms with Gasteiger partial charge in [-0.05, 0) is 18.1 Å². The Morgan fingerprint density at radius 3 is 2.38 bits per heavy atom. The van der Waals surface area contributed by atoms with Crippen LogP contribution in [-0.2, 0) is 9.84 Å². The fourth-order valence-electron chi connectivity index (χ4n) is 1.13. The van der Waals surface area contributed by atoms with E-state index in [4.69, 9.17) is 9.47 Å². The summed E-state index contributed by atoms with van der Waals surface area (Å²) in [6.07, 6.45) is 1.05. The van der Waals surface area contributed by atoms with Crippen LogP contribution in [0.1, 0.15) is 5.56 Å². The Bertz CT molecular complexity index is 535. The molecule has 0 N–H and O–H groups in total. The van der Waals surface area contributed by atoms with Crippen molar-refractivity contribution in [3.8, 4) is 22.7 Å². The van der Waals surface area contributed by atoms with Gasteiger partial charge < -0.3 is 9.47 Å². The maximum absolute atomic E-state index is 10.9. The number of para-hydroxylation sites is 1. The van der Waals surface area contributed by atoms with Crippen LogP contribution in [0, 0.1) is 11.2 Å². The number of rotatable bonds is 2. The molecule has 86 valence electrons. The molecule has 0 atom stereocenters. The summed E-state index contributed by atoms with van der Waals surface area (Å²) in [7, 11) is -0.343. The molecule has 0 amide bonds. The molecule has 0 aliphatic rings. The normalized spacial score (nSPS) is 10.2. The third-order valence-corrected chi connectivity index (χ3v) is 2.25. The maximum Gasteiger partial charge on any atom is 0.214 e. The van der Waals surface area contributed by atoms with E-state index in [1.54, 1.807) is 18.2 Å². The van der Waals surface area contributed by atoms with Crippen LogP contribution >= 0.6 is 0 Å². The number of ether oxygens (including phenoxy) is 2. The van der Waals surface area contributed by atoms with Crippen molar-refractivity contribution >= 4 is 9.84 Å². The zero-order valence-electron chi connectivity index (χ0n) is 9.27. The molecule has 0 aromatic heterocycles. The van der Waals surface area contributed by atoms with E-state index in [-0.39, 0.29) is 0 Å². The van der Waals surface area contributed by atoms with Crippen molar-refractivity contribution in [2.75, 3.05) is 20.5 Å². The van der Waals surface area contributed by atoms with Gasteiger partial charge in [-0.3, -0.25) is 0 Å². The zero-order valence-corrected chi connectivity index (χ0v) is 10.1. The molecular weight excluding hydrogens is 228 g/mol. The van der Waals surface area contributed by atoms with Gasteiger partial charge in [-0.1, -0.05) is 6.07 Å². The molecular formula is C11H12O4S. The van der Waals surface area contributed by atoms with Gasteiger partial charge >= 0.3 is 0 Å². The molecule has 5 heteroatoms. The highest BCUT2D eigenvalue weighted by Gasteiger charge is 2.07. The summed E-state index contributed by atoms with van der Waals surface area (Å²) in [6, 6.07) is 5.09. The first-order chi connectivity index (χ1) is 7.48. The van der Waals surface area contributed by atoms with Crippen LogP contribution in [0.15, 0.2) is 18.2 Å². The molecule has 0 saturated carbocycles. The summed E-state index contributed by atoms with van der Waals surface area (Å²) in [5, 5.41) is 2.15. The summed E-state index contributed by atoms with van der Waals surface area (Å²) < 4.78 is 32.0. The van der Waals surface area contributed by atoms with Crippen LogP contribution < -0.4 is 9.47 Å². The molecule has 0 heterocycles. The molecule has 0 aliphatic heterocycles. The van der Waals surface area contributed by atoms with Crippen molar-refractivity contribution in [3.63, 3.8) is 0 Å². The highest BCUT2D eigenvalue weighted by atomic mass is 32.2. The standard InChI is InChI=1S/C11H12O4S/c1-14-10-6-4-5-9(11(10)15-2)7-8-16(3,12)13/h4-6H,1-3H3. The van der Waals surface area contributed by atoms with Gasteiger partial charge in [-0.25, -0.2) is 8.42 Å². The number of hydrogen-bond acceptors (Lipinski definition) is 4. The van der Waals surface area contributed by atoms with Gasteiger partial charge in [0.1, 0.15) is 0 Å². The van der Waals surface area contributed by atoms with E-state index in [0.29, 0.717) is 17.1 Å². The number of methoxy groups -OCH3 is 2. The van der Waals surface area contributed by atoms with Gasteiger partial charge in [0.2, 0.25) is 9.84 Å². The molecule has 0 bridgehead atoms. The molecule has 1 aromatic carbocycles. The molecule has 0 radical (unpaired) electrons. The molecule has 0 spiro atoms. The monoisotopic (exact) mass is 240 g/mol. The molecule has 1 aromatic rings. The van der Waals surface area contributed by atoms with Crippen molar-refractivity contribution in [2.24, 2.45) is 0 Å². The molecule has 4 nitrogen and oxygen atoms in total. The first kappa shape index (κ1) is 12.4. The van der Waals surface area contributed by atoms with E-state index >= 15 is 0 Å². The van der Waals surface area contributed by atoms with Gasteiger partial charge in [-0.15, -0.1) is 0 Å². The lowest BCUT2D eigenvalue weighted by Crippen LogP contribution is -1.94. The van der Waals surface area contributed by atoms with Crippen LogP contribution in [0.5, 0.6) is 11.5 Å². The number of sulfone groups is 1. The zero-order chi connectivity index (χ0) is 12.2. The van der Waals surface area contributed by atoms with Gasteiger partial charge in [0.15, 0.2) is 11.5 Å². The van der Waals surface area contributed by atoms with Gasteiger partial charge in [0.25, 0.3) is 0 Å². The van der Waals surface area contributed by atoms with E-state index in [1.165, 1.54) is 14.2 Å². The summed E-state index contributed by atoms with van der Waals surface area (Å²) in [4.78, 5) is 0. The van der Waals surface area contributed by atoms with Crippen molar-refractivity contribution in [3.05, 3.63) is 23.8 Å². The summed E-state index contributed by atoms with van der Waals surface area (Å²) in [5.41, 5.74) is 0.479. The van der Waals surface area contributed by atoms with Gasteiger partial charge in [0.05, 0.1) is 26.0 Å². The third-order valence-electron chi connectivity index (χ3n) is 1.77. The third kappa shape index (κ3) is 3.17. The lowest BCUT2D eigenvalue weighted by Gasteiger charge is -2.08. The fourth-order valence-corrected chi connectivity index (χ4v) is 1.43. The minimum atomic E-state index is -3.32. The van der Waals surface area contributed by atoms with Crippen LogP contribution in [0.4, 0.5) is 0 Å². The Morgan fingerprint density at radius 2 is 1.88 bits per heavy atom. The maximum atomic E-state index is 10.9. The first-order valence-corrected chi connectivity index (χ1v) is 6.31. The quantitative estimate of drug-likeness (QED) is 0.725. The lowest BCUT2D eigenvalue weighted by atomic mass is 10.2. The Morgan fingerprint density at radius 1 is 1.19 bits per heavy atom. The Hall–Kier alpha value is -1.67. The summed E-state index contributed by atoms with van der Waals surface area (Å²) in [5.74, 6) is 3.48. The van der Waals surface area contributed by atoms with Crippen LogP contribution in [-0.4, -0.2) is 28.9 Å². The lowest BCUT2D eigenvalue weighted by molar-refractivity contribution is 0.354. The topological polar surface area (TPSA) is 52.6 Å². The van der Waals surface area contributed by atoms with Crippen LogP contribution in [0.25, 0.3) is 0 Å². The summed E-state index contributed by atoms with van der Waals surface area (Å²) >= 11 is 0. The smallest absolute Gasteiger partial charge is 0.214 e. The molecule has 0 unspecified atom stereocenters. The fraction of sp³-hybridized carbons (Fsp3) is 0.273. The minimum absolute atomic E-state index is 0.432. The first-order valence-electron chi connectivity index (χ1n) is 4.41. The van der Waals surface area contributed by atoms with Crippen molar-refractivity contribution < 1.29 is 17.9 Å². The SMILES string of the molecule is COc1cccc(C#CS(C)(=O)=O)c1OC. The molecule has 0 aliphatic carbocycles. The van der Waals surface area contributed by atoms with Gasteiger partial charge in [-0.2, -0.15) is 0 Å².